The Bertz CT molecular complexity index is 241. The normalized spacial score (nSPS) is 19.2. The molecular formula is C11H18N2O2. The highest BCUT2D eigenvalue weighted by molar-refractivity contribution is 5.80. The summed E-state index contributed by atoms with van der Waals surface area (Å²) in [4.78, 5) is 11.3. The van der Waals surface area contributed by atoms with Crippen LogP contribution in [-0.2, 0) is 4.79 Å². The van der Waals surface area contributed by atoms with E-state index >= 15 is 0 Å². The minimum atomic E-state index is -0.943. The molecule has 1 aliphatic carbocycles. The summed E-state index contributed by atoms with van der Waals surface area (Å²) in [5, 5.41) is 20.2. The van der Waals surface area contributed by atoms with Crippen LogP contribution in [0, 0.1) is 17.2 Å². The molecular weight excluding hydrogens is 192 g/mol. The average Bonchev–Trinajstić information content (AvgIpc) is 2.27. The van der Waals surface area contributed by atoms with E-state index in [0.717, 1.165) is 12.8 Å². The third-order valence-corrected chi connectivity index (χ3v) is 2.93. The van der Waals surface area contributed by atoms with Crippen molar-refractivity contribution in [3.05, 3.63) is 0 Å². The van der Waals surface area contributed by atoms with Crippen molar-refractivity contribution in [2.45, 2.75) is 44.6 Å². The van der Waals surface area contributed by atoms with Gasteiger partial charge in [0.2, 0.25) is 5.91 Å². The molecule has 0 radical (unpaired) electrons. The lowest BCUT2D eigenvalue weighted by Crippen LogP contribution is -2.36. The van der Waals surface area contributed by atoms with Crippen LogP contribution in [0.5, 0.6) is 0 Å². The predicted molar refractivity (Wildman–Crippen MR) is 55.8 cm³/mol. The molecule has 2 N–H and O–H groups in total. The summed E-state index contributed by atoms with van der Waals surface area (Å²) < 4.78 is 0. The Morgan fingerprint density at radius 1 is 1.47 bits per heavy atom. The Morgan fingerprint density at radius 3 is 2.73 bits per heavy atom. The SMILES string of the molecule is N#CCNC(=O)[C@@H](O)CC1CCCCC1. The van der Waals surface area contributed by atoms with Crippen molar-refractivity contribution in [1.29, 1.82) is 5.26 Å². The van der Waals surface area contributed by atoms with Gasteiger partial charge < -0.3 is 10.4 Å². The van der Waals surface area contributed by atoms with Crippen LogP contribution in [0.2, 0.25) is 0 Å². The number of hydrogen-bond donors (Lipinski definition) is 2. The van der Waals surface area contributed by atoms with Crippen molar-refractivity contribution in [3.8, 4) is 6.07 Å². The standard InChI is InChI=1S/C11H18N2O2/c12-6-7-13-11(15)10(14)8-9-4-2-1-3-5-9/h9-10,14H,1-5,7-8H2,(H,13,15)/t10-/m0/s1. The third-order valence-electron chi connectivity index (χ3n) is 2.93. The lowest BCUT2D eigenvalue weighted by atomic mass is 9.85. The molecule has 84 valence electrons. The number of hydrogen-bond acceptors (Lipinski definition) is 3. The molecule has 0 heterocycles. The summed E-state index contributed by atoms with van der Waals surface area (Å²) in [7, 11) is 0. The maximum atomic E-state index is 11.3. The van der Waals surface area contributed by atoms with E-state index in [1.165, 1.54) is 19.3 Å². The third kappa shape index (κ3) is 4.30. The Morgan fingerprint density at radius 2 is 2.13 bits per heavy atom. The molecule has 0 bridgehead atoms. The first-order valence-electron chi connectivity index (χ1n) is 5.56. The molecule has 4 nitrogen and oxygen atoms in total. The minimum Gasteiger partial charge on any atom is -0.383 e. The van der Waals surface area contributed by atoms with Crippen LogP contribution >= 0.6 is 0 Å². The topological polar surface area (TPSA) is 73.1 Å². The molecule has 0 aliphatic heterocycles. The number of carbonyl (C=O) groups is 1. The number of carbonyl (C=O) groups excluding carboxylic acids is 1. The van der Waals surface area contributed by atoms with Crippen LogP contribution in [0.1, 0.15) is 38.5 Å². The van der Waals surface area contributed by atoms with Crippen LogP contribution in [-0.4, -0.2) is 23.7 Å². The molecule has 0 aromatic rings. The highest BCUT2D eigenvalue weighted by atomic mass is 16.3. The number of nitrogens with one attached hydrogen (secondary N) is 1. The van der Waals surface area contributed by atoms with Gasteiger partial charge in [-0.05, 0) is 12.3 Å². The zero-order chi connectivity index (χ0) is 11.1. The van der Waals surface area contributed by atoms with Gasteiger partial charge in [-0.1, -0.05) is 32.1 Å². The summed E-state index contributed by atoms with van der Waals surface area (Å²) in [5.74, 6) is 0.0590. The number of aliphatic hydroxyl groups is 1. The van der Waals surface area contributed by atoms with Gasteiger partial charge in [-0.3, -0.25) is 4.79 Å². The summed E-state index contributed by atoms with van der Waals surface area (Å²) in [6.45, 7) is -0.0272. The molecule has 1 rings (SSSR count). The molecule has 1 saturated carbocycles. The molecule has 15 heavy (non-hydrogen) atoms. The van der Waals surface area contributed by atoms with Crippen molar-refractivity contribution >= 4 is 5.91 Å². The summed E-state index contributed by atoms with van der Waals surface area (Å²) in [6.07, 6.45) is 5.51. The van der Waals surface area contributed by atoms with Crippen LogP contribution in [0.3, 0.4) is 0 Å². The number of amides is 1. The summed E-state index contributed by atoms with van der Waals surface area (Å²) in [6, 6.07) is 1.81. The van der Waals surface area contributed by atoms with E-state index in [1.807, 2.05) is 6.07 Å². The molecule has 0 unspecified atom stereocenters. The van der Waals surface area contributed by atoms with E-state index in [2.05, 4.69) is 5.32 Å². The van der Waals surface area contributed by atoms with Gasteiger partial charge in [0.25, 0.3) is 0 Å². The molecule has 0 aromatic carbocycles. The summed E-state index contributed by atoms with van der Waals surface area (Å²) >= 11 is 0. The van der Waals surface area contributed by atoms with Gasteiger partial charge in [0.15, 0.2) is 0 Å². The monoisotopic (exact) mass is 210 g/mol. The van der Waals surface area contributed by atoms with E-state index in [4.69, 9.17) is 5.26 Å². The minimum absolute atomic E-state index is 0.0272. The van der Waals surface area contributed by atoms with Crippen molar-refractivity contribution in [2.75, 3.05) is 6.54 Å². The second kappa shape index (κ2) is 6.41. The van der Waals surface area contributed by atoms with Crippen LogP contribution in [0.4, 0.5) is 0 Å². The van der Waals surface area contributed by atoms with Gasteiger partial charge in [0.1, 0.15) is 12.6 Å². The quantitative estimate of drug-likeness (QED) is 0.679. The van der Waals surface area contributed by atoms with Gasteiger partial charge in [-0.15, -0.1) is 0 Å². The molecule has 1 aliphatic rings. The van der Waals surface area contributed by atoms with Crippen molar-refractivity contribution in [3.63, 3.8) is 0 Å². The molecule has 0 aromatic heterocycles. The Kier molecular flexibility index (Phi) is 5.13. The largest absolute Gasteiger partial charge is 0.383 e. The van der Waals surface area contributed by atoms with Crippen LogP contribution in [0.15, 0.2) is 0 Å². The van der Waals surface area contributed by atoms with Gasteiger partial charge >= 0.3 is 0 Å². The lowest BCUT2D eigenvalue weighted by Gasteiger charge is -2.23. The zero-order valence-corrected chi connectivity index (χ0v) is 8.91. The zero-order valence-electron chi connectivity index (χ0n) is 8.91. The first kappa shape index (κ1) is 12.0. The molecule has 1 amide bonds. The Balaban J connectivity index is 2.24. The first-order chi connectivity index (χ1) is 7.24. The van der Waals surface area contributed by atoms with Gasteiger partial charge in [-0.2, -0.15) is 5.26 Å². The Hall–Kier alpha value is -1.08. The van der Waals surface area contributed by atoms with E-state index in [0.29, 0.717) is 12.3 Å². The van der Waals surface area contributed by atoms with E-state index in [9.17, 15) is 9.90 Å². The maximum absolute atomic E-state index is 11.3. The second-order valence-electron chi connectivity index (χ2n) is 4.13. The van der Waals surface area contributed by atoms with Crippen LogP contribution in [0.25, 0.3) is 0 Å². The average molecular weight is 210 g/mol. The fourth-order valence-corrected chi connectivity index (χ4v) is 2.09. The number of nitriles is 1. The van der Waals surface area contributed by atoms with Crippen molar-refractivity contribution in [2.24, 2.45) is 5.92 Å². The fourth-order valence-electron chi connectivity index (χ4n) is 2.09. The van der Waals surface area contributed by atoms with E-state index in [-0.39, 0.29) is 6.54 Å². The van der Waals surface area contributed by atoms with Crippen LogP contribution < -0.4 is 5.32 Å². The smallest absolute Gasteiger partial charge is 0.249 e. The lowest BCUT2D eigenvalue weighted by molar-refractivity contribution is -0.130. The fraction of sp³-hybridized carbons (Fsp3) is 0.818. The molecule has 1 fully saturated rings. The molecule has 0 saturated heterocycles. The second-order valence-corrected chi connectivity index (χ2v) is 4.13. The number of rotatable bonds is 4. The highest BCUT2D eigenvalue weighted by Crippen LogP contribution is 2.27. The Labute approximate surface area is 90.3 Å². The molecule has 4 heteroatoms. The molecule has 0 spiro atoms. The maximum Gasteiger partial charge on any atom is 0.249 e. The number of nitrogens with zero attached hydrogens (tertiary/aromatic N) is 1. The first-order valence-corrected chi connectivity index (χ1v) is 5.56. The summed E-state index contributed by atoms with van der Waals surface area (Å²) in [5.41, 5.74) is 0. The van der Waals surface area contributed by atoms with Gasteiger partial charge in [0.05, 0.1) is 6.07 Å². The van der Waals surface area contributed by atoms with Gasteiger partial charge in [-0.25, -0.2) is 0 Å². The highest BCUT2D eigenvalue weighted by Gasteiger charge is 2.21. The van der Waals surface area contributed by atoms with E-state index in [1.54, 1.807) is 0 Å². The van der Waals surface area contributed by atoms with Crippen molar-refractivity contribution < 1.29 is 9.90 Å². The predicted octanol–water partition coefficient (Wildman–Crippen LogP) is 0.957. The van der Waals surface area contributed by atoms with E-state index < -0.39 is 12.0 Å². The number of aliphatic hydroxyl groups excluding tert-OH is 1. The molecule has 1 atom stereocenters. The van der Waals surface area contributed by atoms with Gasteiger partial charge in [0, 0.05) is 0 Å². The van der Waals surface area contributed by atoms with Crippen molar-refractivity contribution in [1.82, 2.24) is 5.32 Å².